The monoisotopic (exact) mass is 313 g/mol. The van der Waals surface area contributed by atoms with Crippen molar-refractivity contribution >= 4 is 5.57 Å². The maximum Gasteiger partial charge on any atom is 0.137 e. The molecule has 3 heteroatoms. The van der Waals surface area contributed by atoms with Crippen molar-refractivity contribution in [1.82, 2.24) is 9.55 Å². The molecule has 0 bridgehead atoms. The van der Waals surface area contributed by atoms with Gasteiger partial charge in [0.15, 0.2) is 0 Å². The molecule has 24 heavy (non-hydrogen) atoms. The highest BCUT2D eigenvalue weighted by Crippen LogP contribution is 2.26. The molecule has 2 aromatic heterocycles. The van der Waals surface area contributed by atoms with Crippen molar-refractivity contribution < 1.29 is 0 Å². The average Bonchev–Trinajstić information content (AvgIpc) is 3.09. The van der Waals surface area contributed by atoms with Crippen molar-refractivity contribution in [2.45, 2.75) is 6.92 Å². The molecule has 1 aromatic carbocycles. The van der Waals surface area contributed by atoms with E-state index in [4.69, 9.17) is 0 Å². The Hall–Kier alpha value is -3.38. The highest BCUT2D eigenvalue weighted by Gasteiger charge is 2.10. The lowest BCUT2D eigenvalue weighted by molar-refractivity contribution is 1.01. The minimum atomic E-state index is 0.633. The largest absolute Gasteiger partial charge is 0.307 e. The van der Waals surface area contributed by atoms with E-state index in [1.165, 1.54) is 0 Å². The zero-order chi connectivity index (χ0) is 17.5. The third-order valence-corrected chi connectivity index (χ3v) is 3.53. The van der Waals surface area contributed by atoms with Gasteiger partial charge in [-0.1, -0.05) is 42.5 Å². The molecule has 3 rings (SSSR count). The van der Waals surface area contributed by atoms with Crippen LogP contribution in [0.5, 0.6) is 0 Å². The van der Waals surface area contributed by atoms with E-state index in [1.807, 2.05) is 66.3 Å². The van der Waals surface area contributed by atoms with E-state index >= 15 is 0 Å². The first-order valence-corrected chi connectivity index (χ1v) is 7.49. The predicted molar refractivity (Wildman–Crippen MR) is 99.7 cm³/mol. The van der Waals surface area contributed by atoms with Gasteiger partial charge in [-0.3, -0.25) is 0 Å². The zero-order valence-corrected chi connectivity index (χ0v) is 13.7. The summed E-state index contributed by atoms with van der Waals surface area (Å²) in [6, 6.07) is 16.0. The molecule has 0 atom stereocenters. The summed E-state index contributed by atoms with van der Waals surface area (Å²) in [7, 11) is 0. The molecule has 0 fully saturated rings. The lowest BCUT2D eigenvalue weighted by Gasteiger charge is -2.04. The molecule has 0 saturated heterocycles. The SMILES string of the molecule is C=C.C=C(C)c1ccnc(-n2cc(C#N)c(-c3ccccc3)c2)c1. The highest BCUT2D eigenvalue weighted by molar-refractivity contribution is 5.71. The molecule has 0 radical (unpaired) electrons. The molecule has 3 nitrogen and oxygen atoms in total. The molecule has 0 unspecified atom stereocenters. The van der Waals surface area contributed by atoms with Crippen molar-refractivity contribution in [2.24, 2.45) is 0 Å². The normalized spacial score (nSPS) is 9.50. The Bertz CT molecular complexity index is 883. The van der Waals surface area contributed by atoms with Crippen molar-refractivity contribution in [3.63, 3.8) is 0 Å². The first-order chi connectivity index (χ1) is 11.7. The van der Waals surface area contributed by atoms with Crippen LogP contribution in [0.15, 0.2) is 80.8 Å². The smallest absolute Gasteiger partial charge is 0.137 e. The minimum Gasteiger partial charge on any atom is -0.307 e. The van der Waals surface area contributed by atoms with Crippen molar-refractivity contribution in [3.05, 3.63) is 91.9 Å². The standard InChI is InChI=1S/C19H15N3.C2H4/c1-14(2)16-8-9-21-19(10-16)22-12-17(11-20)18(13-22)15-6-4-3-5-7-15;1-2/h3-10,12-13H,1H2,2H3;1-2H2. The van der Waals surface area contributed by atoms with Gasteiger partial charge in [-0.15, -0.1) is 13.2 Å². The summed E-state index contributed by atoms with van der Waals surface area (Å²) in [5, 5.41) is 9.38. The Balaban J connectivity index is 0.00000100. The summed E-state index contributed by atoms with van der Waals surface area (Å²) >= 11 is 0. The fraction of sp³-hybridized carbons (Fsp3) is 0.0476. The number of rotatable bonds is 3. The van der Waals surface area contributed by atoms with Gasteiger partial charge in [0, 0.05) is 24.2 Å². The highest BCUT2D eigenvalue weighted by atomic mass is 15.0. The Morgan fingerprint density at radius 1 is 1.12 bits per heavy atom. The van der Waals surface area contributed by atoms with Gasteiger partial charge in [0.05, 0.1) is 5.56 Å². The van der Waals surface area contributed by atoms with Crippen LogP contribution in [0.4, 0.5) is 0 Å². The minimum absolute atomic E-state index is 0.633. The Morgan fingerprint density at radius 2 is 1.83 bits per heavy atom. The van der Waals surface area contributed by atoms with Crippen molar-refractivity contribution in [1.29, 1.82) is 5.26 Å². The van der Waals surface area contributed by atoms with E-state index in [9.17, 15) is 5.26 Å². The number of benzene rings is 1. The second-order valence-electron chi connectivity index (χ2n) is 5.15. The van der Waals surface area contributed by atoms with Crippen LogP contribution in [0.2, 0.25) is 0 Å². The fourth-order valence-corrected chi connectivity index (χ4v) is 2.35. The first-order valence-electron chi connectivity index (χ1n) is 7.49. The van der Waals surface area contributed by atoms with Gasteiger partial charge < -0.3 is 4.57 Å². The number of nitriles is 1. The van der Waals surface area contributed by atoms with Crippen LogP contribution in [-0.4, -0.2) is 9.55 Å². The predicted octanol–water partition coefficient (Wildman–Crippen LogP) is 5.25. The second kappa shape index (κ2) is 7.75. The van der Waals surface area contributed by atoms with Gasteiger partial charge in [0.1, 0.15) is 11.9 Å². The van der Waals surface area contributed by atoms with Gasteiger partial charge in [-0.2, -0.15) is 5.26 Å². The molecular weight excluding hydrogens is 294 g/mol. The average molecular weight is 313 g/mol. The molecule has 0 spiro atoms. The van der Waals surface area contributed by atoms with Gasteiger partial charge in [-0.25, -0.2) is 4.98 Å². The fourth-order valence-electron chi connectivity index (χ4n) is 2.35. The number of aromatic nitrogens is 2. The van der Waals surface area contributed by atoms with Crippen LogP contribution in [0, 0.1) is 11.3 Å². The quantitative estimate of drug-likeness (QED) is 0.620. The summed E-state index contributed by atoms with van der Waals surface area (Å²) in [5.74, 6) is 0.777. The lowest BCUT2D eigenvalue weighted by atomic mass is 10.1. The second-order valence-corrected chi connectivity index (χ2v) is 5.15. The Kier molecular flexibility index (Phi) is 5.49. The van der Waals surface area contributed by atoms with Crippen molar-refractivity contribution in [3.8, 4) is 23.0 Å². The van der Waals surface area contributed by atoms with Crippen LogP contribution in [0.1, 0.15) is 18.1 Å². The molecule has 2 heterocycles. The van der Waals surface area contributed by atoms with E-state index in [0.717, 1.165) is 28.1 Å². The first kappa shape index (κ1) is 17.0. The molecule has 118 valence electrons. The van der Waals surface area contributed by atoms with Crippen LogP contribution in [0.3, 0.4) is 0 Å². The van der Waals surface area contributed by atoms with E-state index in [1.54, 1.807) is 6.20 Å². The lowest BCUT2D eigenvalue weighted by Crippen LogP contribution is -1.94. The molecule has 0 aliphatic carbocycles. The zero-order valence-electron chi connectivity index (χ0n) is 13.7. The molecule has 0 amide bonds. The van der Waals surface area contributed by atoms with Gasteiger partial charge in [0.2, 0.25) is 0 Å². The number of pyridine rings is 1. The van der Waals surface area contributed by atoms with E-state index in [0.29, 0.717) is 5.56 Å². The summed E-state index contributed by atoms with van der Waals surface area (Å²) in [5.41, 5.74) is 4.59. The summed E-state index contributed by atoms with van der Waals surface area (Å²) in [4.78, 5) is 4.39. The third kappa shape index (κ3) is 3.50. The summed E-state index contributed by atoms with van der Waals surface area (Å²) in [6.45, 7) is 11.9. The summed E-state index contributed by atoms with van der Waals surface area (Å²) in [6.07, 6.45) is 5.51. The molecule has 0 N–H and O–H groups in total. The maximum atomic E-state index is 9.38. The van der Waals surface area contributed by atoms with Gasteiger partial charge in [0.25, 0.3) is 0 Å². The molecule has 0 aliphatic rings. The topological polar surface area (TPSA) is 41.6 Å². The number of hydrogen-bond acceptors (Lipinski definition) is 2. The Labute approximate surface area is 142 Å². The van der Waals surface area contributed by atoms with Crippen LogP contribution < -0.4 is 0 Å². The van der Waals surface area contributed by atoms with Crippen LogP contribution >= 0.6 is 0 Å². The molecular formula is C21H19N3. The Morgan fingerprint density at radius 3 is 2.46 bits per heavy atom. The number of nitrogens with zero attached hydrogens (tertiary/aromatic N) is 3. The molecule has 3 aromatic rings. The van der Waals surface area contributed by atoms with E-state index < -0.39 is 0 Å². The van der Waals surface area contributed by atoms with E-state index in [-0.39, 0.29) is 0 Å². The van der Waals surface area contributed by atoms with E-state index in [2.05, 4.69) is 30.8 Å². The molecule has 0 aliphatic heterocycles. The number of hydrogen-bond donors (Lipinski definition) is 0. The maximum absolute atomic E-state index is 9.38. The van der Waals surface area contributed by atoms with Crippen molar-refractivity contribution in [2.75, 3.05) is 0 Å². The third-order valence-electron chi connectivity index (χ3n) is 3.53. The van der Waals surface area contributed by atoms with Gasteiger partial charge in [-0.05, 0) is 30.2 Å². The van der Waals surface area contributed by atoms with Gasteiger partial charge >= 0.3 is 0 Å². The molecule has 0 saturated carbocycles. The van der Waals surface area contributed by atoms with Crippen LogP contribution in [0.25, 0.3) is 22.5 Å². The van der Waals surface area contributed by atoms with Crippen LogP contribution in [-0.2, 0) is 0 Å². The summed E-state index contributed by atoms with van der Waals surface area (Å²) < 4.78 is 1.88. The number of allylic oxidation sites excluding steroid dienone is 1.